The van der Waals surface area contributed by atoms with E-state index in [0.717, 1.165) is 0 Å². The van der Waals surface area contributed by atoms with Crippen molar-refractivity contribution in [2.45, 2.75) is 11.8 Å². The van der Waals surface area contributed by atoms with Crippen LogP contribution in [0.5, 0.6) is 0 Å². The maximum atomic E-state index is 2.36. The highest BCUT2D eigenvalue weighted by molar-refractivity contribution is 5.78. The van der Waals surface area contributed by atoms with E-state index < -0.39 is 0 Å². The fourth-order valence-corrected chi connectivity index (χ4v) is 7.65. The Bertz CT molecular complexity index is 1970. The summed E-state index contributed by atoms with van der Waals surface area (Å²) in [6, 6.07) is 79.7. The quantitative estimate of drug-likeness (QED) is 0.148. The third-order valence-electron chi connectivity index (χ3n) is 9.86. The highest BCUT2D eigenvalue weighted by Crippen LogP contribution is 2.52. The van der Waals surface area contributed by atoms with Crippen LogP contribution in [0, 0.1) is 0 Å². The molecule has 0 spiro atoms. The van der Waals surface area contributed by atoms with Crippen molar-refractivity contribution in [1.82, 2.24) is 0 Å². The normalized spacial score (nSPS) is 11.2. The number of hydrogen-bond acceptors (Lipinski definition) is 0. The van der Waals surface area contributed by atoms with E-state index in [0.29, 0.717) is 0 Å². The van der Waals surface area contributed by atoms with Gasteiger partial charge in [0.15, 0.2) is 0 Å². The molecular weight excluding hydrogens is 601 g/mol. The van der Waals surface area contributed by atoms with Gasteiger partial charge >= 0.3 is 0 Å². The van der Waals surface area contributed by atoms with Crippen molar-refractivity contribution >= 4 is 0 Å². The minimum Gasteiger partial charge on any atom is -0.0622 e. The molecule has 0 amide bonds. The topological polar surface area (TPSA) is 0 Å². The molecule has 0 unspecified atom stereocenters. The molecule has 0 aliphatic carbocycles. The lowest BCUT2D eigenvalue weighted by atomic mass is 9.68. The second-order valence-electron chi connectivity index (χ2n) is 12.8. The second kappa shape index (κ2) is 14.5. The van der Waals surface area contributed by atoms with Crippen LogP contribution >= 0.6 is 0 Å². The van der Waals surface area contributed by atoms with Crippen LogP contribution in [0.3, 0.4) is 0 Å². The molecule has 0 aromatic heterocycles. The maximum absolute atomic E-state index is 2.36. The van der Waals surface area contributed by atoms with Crippen LogP contribution < -0.4 is 0 Å². The molecule has 8 aromatic carbocycles. The van der Waals surface area contributed by atoms with Gasteiger partial charge in [-0.3, -0.25) is 0 Å². The summed E-state index contributed by atoms with van der Waals surface area (Å²) in [6.45, 7) is 0. The molecule has 0 aliphatic heterocycles. The molecule has 0 fully saturated rings. The molecule has 50 heavy (non-hydrogen) atoms. The lowest BCUT2D eigenvalue weighted by molar-refractivity contribution is 0.699. The molecule has 8 rings (SSSR count). The van der Waals surface area contributed by atoms with Crippen LogP contribution in [0.1, 0.15) is 34.1 Å². The van der Waals surface area contributed by atoms with E-state index in [1.807, 2.05) is 0 Å². The van der Waals surface area contributed by atoms with Gasteiger partial charge in [0.05, 0.1) is 0 Å². The predicted octanol–water partition coefficient (Wildman–Crippen LogP) is 13.3. The SMILES string of the molecule is c1ccc(-c2ccccc2C(c2ccccc2-c2ccccc2)C(c2ccccc2-c2ccccc2)c2ccccc2-c2ccccc2)cc1. The van der Waals surface area contributed by atoms with Gasteiger partial charge in [-0.25, -0.2) is 0 Å². The monoisotopic (exact) mass is 638 g/mol. The molecule has 0 nitrogen and oxygen atoms in total. The van der Waals surface area contributed by atoms with Crippen molar-refractivity contribution in [3.05, 3.63) is 241 Å². The van der Waals surface area contributed by atoms with E-state index in [2.05, 4.69) is 218 Å². The summed E-state index contributed by atoms with van der Waals surface area (Å²) in [5.41, 5.74) is 15.1. The molecule has 0 bridgehead atoms. The third kappa shape index (κ3) is 6.20. The first-order valence-corrected chi connectivity index (χ1v) is 17.4. The zero-order chi connectivity index (χ0) is 33.5. The Labute approximate surface area is 296 Å². The molecule has 0 saturated heterocycles. The summed E-state index contributed by atoms with van der Waals surface area (Å²) < 4.78 is 0. The molecule has 0 aliphatic rings. The van der Waals surface area contributed by atoms with Crippen LogP contribution in [-0.4, -0.2) is 0 Å². The fourth-order valence-electron chi connectivity index (χ4n) is 7.65. The molecule has 0 heterocycles. The van der Waals surface area contributed by atoms with Crippen molar-refractivity contribution in [2.75, 3.05) is 0 Å². The van der Waals surface area contributed by atoms with Gasteiger partial charge in [0, 0.05) is 11.8 Å². The largest absolute Gasteiger partial charge is 0.0622 e. The number of rotatable bonds is 9. The average Bonchev–Trinajstić information content (AvgIpc) is 3.21. The van der Waals surface area contributed by atoms with Gasteiger partial charge in [-0.15, -0.1) is 0 Å². The molecule has 0 saturated carbocycles. The van der Waals surface area contributed by atoms with Gasteiger partial charge in [0.1, 0.15) is 0 Å². The minimum absolute atomic E-state index is 0.0439. The predicted molar refractivity (Wildman–Crippen MR) is 211 cm³/mol. The van der Waals surface area contributed by atoms with Crippen molar-refractivity contribution in [3.63, 3.8) is 0 Å². The number of benzene rings is 8. The molecule has 0 radical (unpaired) electrons. The van der Waals surface area contributed by atoms with Gasteiger partial charge in [0.2, 0.25) is 0 Å². The Morgan fingerprint density at radius 1 is 0.180 bits per heavy atom. The first-order chi connectivity index (χ1) is 24.9. The van der Waals surface area contributed by atoms with Gasteiger partial charge in [-0.1, -0.05) is 218 Å². The third-order valence-corrected chi connectivity index (χ3v) is 9.86. The minimum atomic E-state index is -0.0439. The molecule has 0 heteroatoms. The van der Waals surface area contributed by atoms with Crippen molar-refractivity contribution in [3.8, 4) is 44.5 Å². The molecule has 8 aromatic rings. The van der Waals surface area contributed by atoms with E-state index in [1.54, 1.807) is 0 Å². The van der Waals surface area contributed by atoms with Crippen LogP contribution in [-0.2, 0) is 0 Å². The molecular formula is C50H38. The van der Waals surface area contributed by atoms with E-state index in [4.69, 9.17) is 0 Å². The Morgan fingerprint density at radius 2 is 0.360 bits per heavy atom. The van der Waals surface area contributed by atoms with Gasteiger partial charge < -0.3 is 0 Å². The molecule has 0 atom stereocenters. The highest BCUT2D eigenvalue weighted by Gasteiger charge is 2.34. The first-order valence-electron chi connectivity index (χ1n) is 17.4. The summed E-state index contributed by atoms with van der Waals surface area (Å²) in [7, 11) is 0. The Kier molecular flexibility index (Phi) is 8.99. The Morgan fingerprint density at radius 3 is 0.580 bits per heavy atom. The van der Waals surface area contributed by atoms with E-state index in [1.165, 1.54) is 66.8 Å². The zero-order valence-corrected chi connectivity index (χ0v) is 27.9. The second-order valence-corrected chi connectivity index (χ2v) is 12.8. The summed E-state index contributed by atoms with van der Waals surface area (Å²) in [6.07, 6.45) is 0. The van der Waals surface area contributed by atoms with Crippen LogP contribution in [0.2, 0.25) is 0 Å². The smallest absolute Gasteiger partial charge is 0.0211 e. The van der Waals surface area contributed by atoms with Crippen LogP contribution in [0.25, 0.3) is 44.5 Å². The average molecular weight is 639 g/mol. The van der Waals surface area contributed by atoms with Gasteiger partial charge in [-0.05, 0) is 66.8 Å². The maximum Gasteiger partial charge on any atom is 0.0211 e. The lowest BCUT2D eigenvalue weighted by Gasteiger charge is -2.34. The highest BCUT2D eigenvalue weighted by atomic mass is 14.4. The summed E-state index contributed by atoms with van der Waals surface area (Å²) in [4.78, 5) is 0. The van der Waals surface area contributed by atoms with E-state index in [-0.39, 0.29) is 11.8 Å². The molecule has 0 N–H and O–H groups in total. The van der Waals surface area contributed by atoms with Crippen molar-refractivity contribution in [1.29, 1.82) is 0 Å². The van der Waals surface area contributed by atoms with E-state index in [9.17, 15) is 0 Å². The van der Waals surface area contributed by atoms with Crippen LogP contribution in [0.15, 0.2) is 218 Å². The Hall–Kier alpha value is -6.24. The standard InChI is InChI=1S/C50H38/c1-5-21-37(22-6-1)41-29-13-17-33-45(41)49(46-34-18-14-30-42(46)38-23-7-2-8-24-38)50(47-35-19-15-31-43(47)39-25-9-3-10-26-39)48-36-20-16-32-44(48)40-27-11-4-12-28-40/h1-36,49-50H. The van der Waals surface area contributed by atoms with E-state index >= 15 is 0 Å². The Balaban J connectivity index is 1.50. The van der Waals surface area contributed by atoms with Crippen molar-refractivity contribution in [2.24, 2.45) is 0 Å². The molecule has 238 valence electrons. The van der Waals surface area contributed by atoms with Gasteiger partial charge in [0.25, 0.3) is 0 Å². The summed E-state index contributed by atoms with van der Waals surface area (Å²) in [5, 5.41) is 0. The number of hydrogen-bond donors (Lipinski definition) is 0. The lowest BCUT2D eigenvalue weighted by Crippen LogP contribution is -2.18. The van der Waals surface area contributed by atoms with Crippen LogP contribution in [0.4, 0.5) is 0 Å². The van der Waals surface area contributed by atoms with Crippen molar-refractivity contribution < 1.29 is 0 Å². The summed E-state index contributed by atoms with van der Waals surface area (Å²) >= 11 is 0. The van der Waals surface area contributed by atoms with Gasteiger partial charge in [-0.2, -0.15) is 0 Å². The zero-order valence-electron chi connectivity index (χ0n) is 27.9. The summed E-state index contributed by atoms with van der Waals surface area (Å²) in [5.74, 6) is -0.0879. The first kappa shape index (κ1) is 31.1. The fraction of sp³-hybridized carbons (Fsp3) is 0.0400.